The van der Waals surface area contributed by atoms with Gasteiger partial charge in [-0.05, 0) is 34.6 Å². The molecule has 128 valence electrons. The molecule has 22 heavy (non-hydrogen) atoms. The molecule has 4 unspecified atom stereocenters. The Kier molecular flexibility index (Phi) is 4.70. The van der Waals surface area contributed by atoms with E-state index >= 15 is 0 Å². The Morgan fingerprint density at radius 2 is 1.91 bits per heavy atom. The van der Waals surface area contributed by atoms with E-state index in [1.165, 1.54) is 0 Å². The Bertz CT molecular complexity index is 422. The molecule has 0 aliphatic carbocycles. The molecule has 1 amide bonds. The van der Waals surface area contributed by atoms with Gasteiger partial charge in [0.25, 0.3) is 0 Å². The third-order valence-corrected chi connectivity index (χ3v) is 3.40. The van der Waals surface area contributed by atoms with Crippen LogP contribution >= 0.6 is 0 Å². The lowest BCUT2D eigenvalue weighted by molar-refractivity contribution is -0.216. The van der Waals surface area contributed by atoms with Gasteiger partial charge in [-0.15, -0.1) is 0 Å². The Morgan fingerprint density at radius 1 is 1.32 bits per heavy atom. The van der Waals surface area contributed by atoms with E-state index in [-0.39, 0.29) is 6.54 Å². The summed E-state index contributed by atoms with van der Waals surface area (Å²) in [6.45, 7) is 8.99. The van der Waals surface area contributed by atoms with Gasteiger partial charge in [0.2, 0.25) is 0 Å². The van der Waals surface area contributed by atoms with Gasteiger partial charge in [-0.3, -0.25) is 0 Å². The van der Waals surface area contributed by atoms with Crippen molar-refractivity contribution in [2.75, 3.05) is 6.54 Å². The van der Waals surface area contributed by atoms with Crippen LogP contribution in [-0.4, -0.2) is 59.8 Å². The first-order valence-corrected chi connectivity index (χ1v) is 7.40. The maximum Gasteiger partial charge on any atom is 0.407 e. The molecule has 2 aliphatic rings. The summed E-state index contributed by atoms with van der Waals surface area (Å²) in [6, 6.07) is -0.704. The third kappa shape index (κ3) is 4.08. The van der Waals surface area contributed by atoms with Crippen molar-refractivity contribution in [3.8, 4) is 0 Å². The van der Waals surface area contributed by atoms with Crippen molar-refractivity contribution < 1.29 is 28.8 Å². The van der Waals surface area contributed by atoms with Crippen molar-refractivity contribution in [2.45, 2.75) is 76.7 Å². The second kappa shape index (κ2) is 5.93. The number of aliphatic hydroxyl groups is 1. The minimum Gasteiger partial charge on any atom is -0.444 e. The minimum atomic E-state index is -1.18. The number of nitrogens with one attached hydrogen (secondary N) is 1. The Morgan fingerprint density at radius 3 is 2.50 bits per heavy atom. The number of hydrogen-bond donors (Lipinski definition) is 3. The van der Waals surface area contributed by atoms with E-state index in [1.54, 1.807) is 34.6 Å². The van der Waals surface area contributed by atoms with Crippen LogP contribution in [0.1, 0.15) is 34.6 Å². The van der Waals surface area contributed by atoms with Gasteiger partial charge in [0.05, 0.1) is 6.04 Å². The molecule has 0 radical (unpaired) electrons. The fourth-order valence-electron chi connectivity index (χ4n) is 2.57. The largest absolute Gasteiger partial charge is 0.444 e. The predicted octanol–water partition coefficient (Wildman–Crippen LogP) is 0.0757. The zero-order valence-corrected chi connectivity index (χ0v) is 13.7. The summed E-state index contributed by atoms with van der Waals surface area (Å²) < 4.78 is 22.1. The average molecular weight is 318 g/mol. The van der Waals surface area contributed by atoms with Crippen LogP contribution in [0.5, 0.6) is 0 Å². The second-order valence-electron chi connectivity index (χ2n) is 7.09. The number of nitrogens with two attached hydrogens (primary N) is 1. The molecule has 0 aromatic rings. The number of aliphatic hydroxyl groups excluding tert-OH is 1. The Balaban J connectivity index is 1.97. The summed E-state index contributed by atoms with van der Waals surface area (Å²) in [4.78, 5) is 11.7. The third-order valence-electron chi connectivity index (χ3n) is 3.40. The van der Waals surface area contributed by atoms with Crippen LogP contribution in [0.15, 0.2) is 0 Å². The van der Waals surface area contributed by atoms with Crippen molar-refractivity contribution >= 4 is 6.09 Å². The van der Waals surface area contributed by atoms with E-state index in [9.17, 15) is 9.90 Å². The van der Waals surface area contributed by atoms with Crippen LogP contribution in [0.2, 0.25) is 0 Å². The first-order chi connectivity index (χ1) is 9.98. The molecule has 2 fully saturated rings. The van der Waals surface area contributed by atoms with Gasteiger partial charge in [-0.25, -0.2) is 4.79 Å². The van der Waals surface area contributed by atoms with E-state index < -0.39 is 48.1 Å². The van der Waals surface area contributed by atoms with Gasteiger partial charge in [-0.2, -0.15) is 0 Å². The fourth-order valence-corrected chi connectivity index (χ4v) is 2.57. The molecule has 0 spiro atoms. The summed E-state index contributed by atoms with van der Waals surface area (Å²) in [5.41, 5.74) is 5.31. The van der Waals surface area contributed by atoms with Gasteiger partial charge in [0, 0.05) is 6.54 Å². The molecular formula is C14H26N2O6. The molecule has 2 aliphatic heterocycles. The lowest BCUT2D eigenvalue weighted by Gasteiger charge is -2.38. The van der Waals surface area contributed by atoms with Gasteiger partial charge in [0.15, 0.2) is 12.1 Å². The fraction of sp³-hybridized carbons (Fsp3) is 0.929. The van der Waals surface area contributed by atoms with E-state index in [4.69, 9.17) is 24.7 Å². The van der Waals surface area contributed by atoms with Crippen molar-refractivity contribution in [3.63, 3.8) is 0 Å². The molecule has 0 bridgehead atoms. The molecule has 2 heterocycles. The highest BCUT2D eigenvalue weighted by atomic mass is 16.8. The highest BCUT2D eigenvalue weighted by molar-refractivity contribution is 5.67. The standard InChI is InChI=1S/C14H26N2O6/c1-13(2,3)22-12(18)16-6-7-9-10(8(15)11(17)19-7)21-14(4,5)20-9/h7-11,17H,6,15H2,1-5H3,(H,16,18)/t7?,8-,9?,10?,11?/m0/s1. The SMILES string of the molecule is CC(C)(C)OC(=O)NCC1OC(O)[C@@H](N)C2OC(C)(C)OC12. The molecule has 2 saturated heterocycles. The van der Waals surface area contributed by atoms with Crippen molar-refractivity contribution in [1.82, 2.24) is 5.32 Å². The zero-order chi connectivity index (χ0) is 16.7. The van der Waals surface area contributed by atoms with Crippen LogP contribution in [0.3, 0.4) is 0 Å². The number of alkyl carbamates (subject to hydrolysis) is 1. The number of hydrogen-bond acceptors (Lipinski definition) is 7. The highest BCUT2D eigenvalue weighted by Crippen LogP contribution is 2.36. The molecule has 0 aromatic heterocycles. The number of amides is 1. The van der Waals surface area contributed by atoms with Gasteiger partial charge in [-0.1, -0.05) is 0 Å². The number of fused-ring (bicyclic) bond motifs is 1. The van der Waals surface area contributed by atoms with E-state index in [0.29, 0.717) is 0 Å². The van der Waals surface area contributed by atoms with Crippen LogP contribution in [0.25, 0.3) is 0 Å². The first-order valence-electron chi connectivity index (χ1n) is 7.40. The number of rotatable bonds is 2. The summed E-state index contributed by atoms with van der Waals surface area (Å²) in [5, 5.41) is 12.5. The first kappa shape index (κ1) is 17.4. The molecule has 0 saturated carbocycles. The van der Waals surface area contributed by atoms with E-state index in [2.05, 4.69) is 5.32 Å². The van der Waals surface area contributed by atoms with Crippen molar-refractivity contribution in [1.29, 1.82) is 0 Å². The van der Waals surface area contributed by atoms with E-state index in [1.807, 2.05) is 0 Å². The van der Waals surface area contributed by atoms with Crippen LogP contribution in [0.4, 0.5) is 4.79 Å². The zero-order valence-electron chi connectivity index (χ0n) is 13.7. The molecular weight excluding hydrogens is 292 g/mol. The minimum absolute atomic E-state index is 0.124. The van der Waals surface area contributed by atoms with Crippen molar-refractivity contribution in [2.24, 2.45) is 5.73 Å². The summed E-state index contributed by atoms with van der Waals surface area (Å²) >= 11 is 0. The smallest absolute Gasteiger partial charge is 0.407 e. The summed E-state index contributed by atoms with van der Waals surface area (Å²) in [7, 11) is 0. The topological polar surface area (TPSA) is 112 Å². The maximum atomic E-state index is 11.7. The average Bonchev–Trinajstić information content (AvgIpc) is 2.66. The van der Waals surface area contributed by atoms with Crippen LogP contribution in [-0.2, 0) is 18.9 Å². The Labute approximate surface area is 130 Å². The molecule has 4 N–H and O–H groups in total. The van der Waals surface area contributed by atoms with Crippen LogP contribution in [0, 0.1) is 0 Å². The summed E-state index contributed by atoms with van der Waals surface area (Å²) in [5.74, 6) is -0.815. The molecule has 2 rings (SSSR count). The number of ether oxygens (including phenoxy) is 4. The highest BCUT2D eigenvalue weighted by Gasteiger charge is 2.53. The van der Waals surface area contributed by atoms with Crippen molar-refractivity contribution in [3.05, 3.63) is 0 Å². The number of carbonyl (C=O) groups is 1. The van der Waals surface area contributed by atoms with Gasteiger partial charge < -0.3 is 35.1 Å². The summed E-state index contributed by atoms with van der Waals surface area (Å²) in [6.07, 6.45) is -3.28. The molecule has 5 atom stereocenters. The quantitative estimate of drug-likeness (QED) is 0.660. The van der Waals surface area contributed by atoms with E-state index in [0.717, 1.165) is 0 Å². The lowest BCUT2D eigenvalue weighted by Crippen LogP contribution is -2.62. The van der Waals surface area contributed by atoms with Gasteiger partial charge in [0.1, 0.15) is 23.9 Å². The van der Waals surface area contributed by atoms with Gasteiger partial charge >= 0.3 is 6.09 Å². The maximum absolute atomic E-state index is 11.7. The lowest BCUT2D eigenvalue weighted by atomic mass is 9.97. The van der Waals surface area contributed by atoms with Crippen LogP contribution < -0.4 is 11.1 Å². The predicted molar refractivity (Wildman–Crippen MR) is 76.9 cm³/mol. The Hall–Kier alpha value is -0.930. The second-order valence-corrected chi connectivity index (χ2v) is 7.09. The molecule has 8 nitrogen and oxygen atoms in total. The monoisotopic (exact) mass is 318 g/mol. The molecule has 0 aromatic carbocycles. The normalized spacial score (nSPS) is 37.5. The number of carbonyl (C=O) groups excluding carboxylic acids is 1. The molecule has 8 heteroatoms.